The van der Waals surface area contributed by atoms with Crippen LogP contribution in [0.25, 0.3) is 11.1 Å². The van der Waals surface area contributed by atoms with E-state index in [2.05, 4.69) is 91.7 Å². The molecule has 3 radical (unpaired) electrons. The van der Waals surface area contributed by atoms with Gasteiger partial charge in [0.1, 0.15) is 17.7 Å². The first-order valence-electron chi connectivity index (χ1n) is 14.1. The standard InChI is InChI=1S/C19H23FNO2Si.C16H18/c1-2-3-4-10-18(20)17(14-22-15-8-7-12-21-13-15)16-9-5-6-11-19(16)23-24;1-16(2,3)15-11-9-14(10-12-15)13-7-5-4-6-8-13/h5-9,11-13,17-18H,2-4,10,14H2,1H3;4-12H,1-3H3. The van der Waals surface area contributed by atoms with Crippen molar-refractivity contribution in [3.05, 3.63) is 115 Å². The zero-order valence-electron chi connectivity index (χ0n) is 24.1. The number of para-hydroxylation sites is 1. The second kappa shape index (κ2) is 16.0. The van der Waals surface area contributed by atoms with Gasteiger partial charge < -0.3 is 9.16 Å². The van der Waals surface area contributed by atoms with E-state index in [1.807, 2.05) is 36.4 Å². The summed E-state index contributed by atoms with van der Waals surface area (Å²) in [5.74, 6) is 0.863. The van der Waals surface area contributed by atoms with E-state index in [0.29, 0.717) is 17.9 Å². The van der Waals surface area contributed by atoms with Crippen molar-refractivity contribution in [2.24, 2.45) is 0 Å². The van der Waals surface area contributed by atoms with Crippen molar-refractivity contribution >= 4 is 10.5 Å². The number of rotatable bonds is 11. The van der Waals surface area contributed by atoms with Gasteiger partial charge in [0, 0.05) is 11.8 Å². The average molecular weight is 555 g/mol. The van der Waals surface area contributed by atoms with Crippen LogP contribution >= 0.6 is 0 Å². The molecular formula is C35H41FNO2Si. The number of unbranched alkanes of at least 4 members (excludes halogenated alkanes) is 2. The van der Waals surface area contributed by atoms with E-state index in [1.54, 1.807) is 18.5 Å². The van der Waals surface area contributed by atoms with Crippen molar-refractivity contribution in [1.82, 2.24) is 4.98 Å². The Labute approximate surface area is 243 Å². The summed E-state index contributed by atoms with van der Waals surface area (Å²) in [6.07, 6.45) is 5.82. The third-order valence-electron chi connectivity index (χ3n) is 6.87. The summed E-state index contributed by atoms with van der Waals surface area (Å²) >= 11 is 0. The van der Waals surface area contributed by atoms with Crippen molar-refractivity contribution in [3.8, 4) is 22.6 Å². The van der Waals surface area contributed by atoms with Gasteiger partial charge >= 0.3 is 10.5 Å². The first kappa shape index (κ1) is 31.1. The lowest BCUT2D eigenvalue weighted by molar-refractivity contribution is 0.188. The van der Waals surface area contributed by atoms with Crippen molar-refractivity contribution in [2.75, 3.05) is 6.61 Å². The zero-order valence-corrected chi connectivity index (χ0v) is 25.1. The maximum atomic E-state index is 14.9. The number of benzene rings is 3. The summed E-state index contributed by atoms with van der Waals surface area (Å²) < 4.78 is 25.9. The highest BCUT2D eigenvalue weighted by Crippen LogP contribution is 2.33. The molecule has 0 N–H and O–H groups in total. The Morgan fingerprint density at radius 2 is 1.50 bits per heavy atom. The number of pyridine rings is 1. The predicted octanol–water partition coefficient (Wildman–Crippen LogP) is 9.28. The van der Waals surface area contributed by atoms with E-state index in [0.717, 1.165) is 24.8 Å². The van der Waals surface area contributed by atoms with Gasteiger partial charge in [-0.1, -0.05) is 120 Å². The van der Waals surface area contributed by atoms with Gasteiger partial charge in [-0.25, -0.2) is 4.39 Å². The molecule has 3 aromatic carbocycles. The Balaban J connectivity index is 0.000000238. The molecule has 0 bridgehead atoms. The van der Waals surface area contributed by atoms with Gasteiger partial charge in [-0.3, -0.25) is 4.98 Å². The lowest BCUT2D eigenvalue weighted by Gasteiger charge is -2.24. The van der Waals surface area contributed by atoms with Gasteiger partial charge in [0.25, 0.3) is 0 Å². The van der Waals surface area contributed by atoms with Crippen LogP contribution in [-0.2, 0) is 5.41 Å². The van der Waals surface area contributed by atoms with Crippen LogP contribution < -0.4 is 9.16 Å². The van der Waals surface area contributed by atoms with Gasteiger partial charge in [0.2, 0.25) is 0 Å². The van der Waals surface area contributed by atoms with Crippen LogP contribution in [-0.4, -0.2) is 28.2 Å². The molecule has 0 amide bonds. The molecule has 0 fully saturated rings. The number of halogens is 1. The zero-order chi connectivity index (χ0) is 28.8. The number of hydrogen-bond acceptors (Lipinski definition) is 3. The van der Waals surface area contributed by atoms with Crippen molar-refractivity contribution in [3.63, 3.8) is 0 Å². The molecule has 3 nitrogen and oxygen atoms in total. The summed E-state index contributed by atoms with van der Waals surface area (Å²) in [4.78, 5) is 4.02. The number of aromatic nitrogens is 1. The Kier molecular flexibility index (Phi) is 12.4. The molecule has 40 heavy (non-hydrogen) atoms. The lowest BCUT2D eigenvalue weighted by Crippen LogP contribution is -2.22. The molecular weight excluding hydrogens is 513 g/mol. The van der Waals surface area contributed by atoms with Gasteiger partial charge in [-0.2, -0.15) is 0 Å². The molecule has 0 spiro atoms. The molecule has 0 aliphatic rings. The van der Waals surface area contributed by atoms with Gasteiger partial charge in [-0.15, -0.1) is 0 Å². The Hall–Kier alpha value is -3.44. The Morgan fingerprint density at radius 1 is 0.825 bits per heavy atom. The molecule has 1 aromatic heterocycles. The minimum atomic E-state index is -0.990. The minimum Gasteiger partial charge on any atom is -0.540 e. The Morgan fingerprint density at radius 3 is 2.12 bits per heavy atom. The first-order chi connectivity index (χ1) is 19.3. The lowest BCUT2D eigenvalue weighted by atomic mass is 9.86. The third-order valence-corrected chi connectivity index (χ3v) is 7.09. The quantitative estimate of drug-likeness (QED) is 0.137. The van der Waals surface area contributed by atoms with Gasteiger partial charge in [-0.05, 0) is 46.7 Å². The highest BCUT2D eigenvalue weighted by atomic mass is 28.2. The molecule has 0 aliphatic heterocycles. The number of alkyl halides is 1. The van der Waals surface area contributed by atoms with E-state index in [-0.39, 0.29) is 12.0 Å². The minimum absolute atomic E-state index is 0.231. The Bertz CT molecular complexity index is 1240. The highest BCUT2D eigenvalue weighted by Gasteiger charge is 2.26. The maximum absolute atomic E-state index is 14.9. The fourth-order valence-electron chi connectivity index (χ4n) is 4.47. The van der Waals surface area contributed by atoms with Crippen LogP contribution in [0.15, 0.2) is 103 Å². The first-order valence-corrected chi connectivity index (χ1v) is 14.5. The molecule has 0 saturated carbocycles. The molecule has 0 aliphatic carbocycles. The number of hydrogen-bond donors (Lipinski definition) is 0. The summed E-state index contributed by atoms with van der Waals surface area (Å²) in [6.45, 7) is 9.08. The fraction of sp³-hybridized carbons (Fsp3) is 0.343. The van der Waals surface area contributed by atoms with Crippen LogP contribution in [0.5, 0.6) is 11.5 Å². The van der Waals surface area contributed by atoms with Gasteiger partial charge in [0.15, 0.2) is 0 Å². The van der Waals surface area contributed by atoms with Crippen molar-refractivity contribution in [1.29, 1.82) is 0 Å². The smallest absolute Gasteiger partial charge is 0.341 e. The number of ether oxygens (including phenoxy) is 1. The van der Waals surface area contributed by atoms with Gasteiger partial charge in [0.05, 0.1) is 18.7 Å². The van der Waals surface area contributed by atoms with Crippen molar-refractivity contribution < 1.29 is 13.6 Å². The predicted molar refractivity (Wildman–Crippen MR) is 165 cm³/mol. The van der Waals surface area contributed by atoms with Crippen LogP contribution in [0, 0.1) is 0 Å². The molecule has 4 aromatic rings. The summed E-state index contributed by atoms with van der Waals surface area (Å²) in [6, 6.07) is 30.4. The second-order valence-corrected chi connectivity index (χ2v) is 11.2. The van der Waals surface area contributed by atoms with Crippen LogP contribution in [0.4, 0.5) is 4.39 Å². The average Bonchev–Trinajstić information content (AvgIpc) is 2.98. The van der Waals surface area contributed by atoms with Crippen LogP contribution in [0.3, 0.4) is 0 Å². The van der Waals surface area contributed by atoms with E-state index < -0.39 is 12.1 Å². The fourth-order valence-corrected chi connectivity index (χ4v) is 4.66. The molecule has 5 heteroatoms. The number of nitrogens with zero attached hydrogens (tertiary/aromatic N) is 1. The largest absolute Gasteiger partial charge is 0.540 e. The molecule has 4 rings (SSSR count). The van der Waals surface area contributed by atoms with E-state index >= 15 is 0 Å². The highest BCUT2D eigenvalue weighted by molar-refractivity contribution is 6.00. The maximum Gasteiger partial charge on any atom is 0.341 e. The SMILES string of the molecule is CC(C)(C)c1ccc(-c2ccccc2)cc1.CCCCCC(F)C(COc1cccnc1)c1ccccc1O[Si]. The van der Waals surface area contributed by atoms with E-state index in [4.69, 9.17) is 9.16 Å². The third kappa shape index (κ3) is 9.63. The van der Waals surface area contributed by atoms with E-state index in [1.165, 1.54) is 16.7 Å². The summed E-state index contributed by atoms with van der Waals surface area (Å²) in [5, 5.41) is 0. The summed E-state index contributed by atoms with van der Waals surface area (Å²) in [5.41, 5.74) is 4.99. The molecule has 0 saturated heterocycles. The van der Waals surface area contributed by atoms with E-state index in [9.17, 15) is 4.39 Å². The molecule has 209 valence electrons. The topological polar surface area (TPSA) is 31.4 Å². The molecule has 2 unspecified atom stereocenters. The van der Waals surface area contributed by atoms with Crippen molar-refractivity contribution in [2.45, 2.75) is 70.9 Å². The van der Waals surface area contributed by atoms with Crippen LogP contribution in [0.2, 0.25) is 0 Å². The second-order valence-electron chi connectivity index (χ2n) is 11.0. The van der Waals surface area contributed by atoms with Crippen LogP contribution in [0.1, 0.15) is 70.4 Å². The normalized spacial score (nSPS) is 12.6. The molecule has 2 atom stereocenters. The summed E-state index contributed by atoms with van der Waals surface area (Å²) in [7, 11) is 3.06. The molecule has 1 heterocycles. The monoisotopic (exact) mass is 554 g/mol.